The summed E-state index contributed by atoms with van der Waals surface area (Å²) in [5.41, 5.74) is 3.19. The standard InChI is InChI=1S/C36H40FN3O4S/c1-4-5-22-38-36(42)34(24-29-13-7-6-8-14-29)39(25-30-15-11-12-28(3)23-30)35(41)26-40(33-17-10-9-16-32(33)37)45(43,44)31-20-18-27(2)19-21-31/h6-21,23,34H,4-5,22,24-26H2,1-3H3,(H,38,42)/t34-/m0/s1. The van der Waals surface area contributed by atoms with E-state index in [0.29, 0.717) is 6.54 Å². The number of rotatable bonds is 14. The number of carbonyl (C=O) groups is 2. The maximum absolute atomic E-state index is 15.2. The first-order valence-electron chi connectivity index (χ1n) is 15.1. The Morgan fingerprint density at radius 3 is 2.16 bits per heavy atom. The molecule has 0 saturated heterocycles. The molecule has 0 aliphatic carbocycles. The molecular weight excluding hydrogens is 589 g/mol. The van der Waals surface area contributed by atoms with Crippen molar-refractivity contribution < 1.29 is 22.4 Å². The van der Waals surface area contributed by atoms with Crippen molar-refractivity contribution in [2.45, 2.75) is 57.5 Å². The first-order chi connectivity index (χ1) is 21.6. The normalized spacial score (nSPS) is 11.9. The number of aryl methyl sites for hydroxylation is 2. The van der Waals surface area contributed by atoms with Crippen LogP contribution in [0.1, 0.15) is 42.0 Å². The number of hydrogen-bond donors (Lipinski definition) is 1. The second-order valence-corrected chi connectivity index (χ2v) is 13.0. The van der Waals surface area contributed by atoms with E-state index in [-0.39, 0.29) is 29.5 Å². The molecule has 4 rings (SSSR count). The topological polar surface area (TPSA) is 86.8 Å². The van der Waals surface area contributed by atoms with E-state index in [0.717, 1.165) is 45.5 Å². The van der Waals surface area contributed by atoms with Crippen LogP contribution in [-0.2, 0) is 32.6 Å². The number of sulfonamides is 1. The van der Waals surface area contributed by atoms with Gasteiger partial charge in [-0.2, -0.15) is 0 Å². The Morgan fingerprint density at radius 2 is 1.49 bits per heavy atom. The highest BCUT2D eigenvalue weighted by Gasteiger charge is 2.35. The van der Waals surface area contributed by atoms with Crippen LogP contribution in [0.5, 0.6) is 0 Å². The van der Waals surface area contributed by atoms with Gasteiger partial charge in [0.1, 0.15) is 18.4 Å². The zero-order valence-corrected chi connectivity index (χ0v) is 26.8. The molecule has 0 unspecified atom stereocenters. The van der Waals surface area contributed by atoms with E-state index in [1.54, 1.807) is 12.1 Å². The summed E-state index contributed by atoms with van der Waals surface area (Å²) >= 11 is 0. The van der Waals surface area contributed by atoms with E-state index >= 15 is 4.39 Å². The van der Waals surface area contributed by atoms with E-state index in [9.17, 15) is 18.0 Å². The minimum Gasteiger partial charge on any atom is -0.354 e. The number of halogens is 1. The molecule has 9 heteroatoms. The number of amides is 2. The Morgan fingerprint density at radius 1 is 0.822 bits per heavy atom. The van der Waals surface area contributed by atoms with Gasteiger partial charge >= 0.3 is 0 Å². The molecule has 1 N–H and O–H groups in total. The van der Waals surface area contributed by atoms with Crippen molar-refractivity contribution in [2.24, 2.45) is 0 Å². The zero-order valence-electron chi connectivity index (χ0n) is 25.9. The number of anilines is 1. The largest absolute Gasteiger partial charge is 0.354 e. The van der Waals surface area contributed by atoms with Gasteiger partial charge in [0, 0.05) is 19.5 Å². The zero-order chi connectivity index (χ0) is 32.4. The first kappa shape index (κ1) is 33.4. The van der Waals surface area contributed by atoms with Gasteiger partial charge in [-0.1, -0.05) is 103 Å². The van der Waals surface area contributed by atoms with Crippen molar-refractivity contribution in [3.8, 4) is 0 Å². The Hall–Kier alpha value is -4.50. The van der Waals surface area contributed by atoms with Crippen LogP contribution in [0.15, 0.2) is 108 Å². The highest BCUT2D eigenvalue weighted by molar-refractivity contribution is 7.92. The first-order valence-corrected chi connectivity index (χ1v) is 16.5. The van der Waals surface area contributed by atoms with E-state index in [2.05, 4.69) is 5.32 Å². The Kier molecular flexibility index (Phi) is 11.5. The smallest absolute Gasteiger partial charge is 0.264 e. The lowest BCUT2D eigenvalue weighted by atomic mass is 10.0. The lowest BCUT2D eigenvalue weighted by Crippen LogP contribution is -2.53. The fourth-order valence-electron chi connectivity index (χ4n) is 5.07. The van der Waals surface area contributed by atoms with Crippen molar-refractivity contribution in [3.05, 3.63) is 131 Å². The SMILES string of the molecule is CCCCNC(=O)[C@H](Cc1ccccc1)N(Cc1cccc(C)c1)C(=O)CN(c1ccccc1F)S(=O)(=O)c1ccc(C)cc1. The minimum absolute atomic E-state index is 0.0505. The lowest BCUT2D eigenvalue weighted by Gasteiger charge is -2.34. The number of unbranched alkanes of at least 4 members (excludes halogenated alkanes) is 1. The van der Waals surface area contributed by atoms with Crippen molar-refractivity contribution in [3.63, 3.8) is 0 Å². The summed E-state index contributed by atoms with van der Waals surface area (Å²) in [6.07, 6.45) is 1.86. The third-order valence-corrected chi connectivity index (χ3v) is 9.32. The van der Waals surface area contributed by atoms with Gasteiger partial charge in [0.05, 0.1) is 10.6 Å². The van der Waals surface area contributed by atoms with E-state index in [4.69, 9.17) is 0 Å². The molecule has 2 amide bonds. The third kappa shape index (κ3) is 8.79. The van der Waals surface area contributed by atoms with Gasteiger partial charge in [-0.3, -0.25) is 13.9 Å². The molecule has 0 bridgehead atoms. The Balaban J connectivity index is 1.80. The molecule has 4 aromatic rings. The number of hydrogen-bond acceptors (Lipinski definition) is 4. The van der Waals surface area contributed by atoms with Crippen LogP contribution in [0, 0.1) is 19.7 Å². The second-order valence-electron chi connectivity index (χ2n) is 11.1. The highest BCUT2D eigenvalue weighted by Crippen LogP contribution is 2.27. The lowest BCUT2D eigenvalue weighted by molar-refractivity contribution is -0.140. The van der Waals surface area contributed by atoms with Crippen LogP contribution in [0.3, 0.4) is 0 Å². The molecule has 0 fully saturated rings. The predicted molar refractivity (Wildman–Crippen MR) is 176 cm³/mol. The van der Waals surface area contributed by atoms with Crippen LogP contribution >= 0.6 is 0 Å². The molecule has 4 aromatic carbocycles. The monoisotopic (exact) mass is 629 g/mol. The molecule has 0 aliphatic rings. The summed E-state index contributed by atoms with van der Waals surface area (Å²) < 4.78 is 44.1. The number of nitrogens with zero attached hydrogens (tertiary/aromatic N) is 2. The number of carbonyl (C=O) groups excluding carboxylic acids is 2. The molecule has 0 radical (unpaired) electrons. The van der Waals surface area contributed by atoms with Gasteiger partial charge in [0.2, 0.25) is 11.8 Å². The quantitative estimate of drug-likeness (QED) is 0.169. The van der Waals surface area contributed by atoms with Gasteiger partial charge in [-0.25, -0.2) is 12.8 Å². The molecule has 45 heavy (non-hydrogen) atoms. The molecule has 0 saturated carbocycles. The fraction of sp³-hybridized carbons (Fsp3) is 0.278. The Bertz CT molecular complexity index is 1700. The molecule has 0 heterocycles. The number of para-hydroxylation sites is 1. The minimum atomic E-state index is -4.38. The number of benzene rings is 4. The van der Waals surface area contributed by atoms with Gasteiger partial charge < -0.3 is 10.2 Å². The predicted octanol–water partition coefficient (Wildman–Crippen LogP) is 6.19. The van der Waals surface area contributed by atoms with Gasteiger partial charge in [-0.15, -0.1) is 0 Å². The average molecular weight is 630 g/mol. The molecule has 0 aromatic heterocycles. The maximum Gasteiger partial charge on any atom is 0.264 e. The van der Waals surface area contributed by atoms with E-state index < -0.39 is 34.3 Å². The maximum atomic E-state index is 15.2. The van der Waals surface area contributed by atoms with Crippen molar-refractivity contribution >= 4 is 27.5 Å². The second kappa shape index (κ2) is 15.5. The molecule has 0 spiro atoms. The van der Waals surface area contributed by atoms with Gasteiger partial charge in [0.25, 0.3) is 10.0 Å². The average Bonchev–Trinajstić information content (AvgIpc) is 3.02. The van der Waals surface area contributed by atoms with Crippen LogP contribution < -0.4 is 9.62 Å². The highest BCUT2D eigenvalue weighted by atomic mass is 32.2. The summed E-state index contributed by atoms with van der Waals surface area (Å²) in [6.45, 7) is 5.56. The number of nitrogens with one attached hydrogen (secondary N) is 1. The summed E-state index contributed by atoms with van der Waals surface area (Å²) in [4.78, 5) is 29.6. The molecule has 7 nitrogen and oxygen atoms in total. The summed E-state index contributed by atoms with van der Waals surface area (Å²) in [5, 5.41) is 2.97. The van der Waals surface area contributed by atoms with Gasteiger partial charge in [0.15, 0.2) is 0 Å². The molecule has 0 aliphatic heterocycles. The summed E-state index contributed by atoms with van der Waals surface area (Å²) in [5.74, 6) is -1.77. The third-order valence-electron chi connectivity index (χ3n) is 7.55. The van der Waals surface area contributed by atoms with Crippen molar-refractivity contribution in [1.29, 1.82) is 0 Å². The molecular formula is C36H40FN3O4S. The van der Waals surface area contributed by atoms with Crippen LogP contribution in [-0.4, -0.2) is 44.3 Å². The Labute approximate surface area is 265 Å². The van der Waals surface area contributed by atoms with Crippen LogP contribution in [0.25, 0.3) is 0 Å². The summed E-state index contributed by atoms with van der Waals surface area (Å²) in [6, 6.07) is 27.6. The van der Waals surface area contributed by atoms with Crippen LogP contribution in [0.2, 0.25) is 0 Å². The van der Waals surface area contributed by atoms with Crippen molar-refractivity contribution in [1.82, 2.24) is 10.2 Å². The van der Waals surface area contributed by atoms with Crippen LogP contribution in [0.4, 0.5) is 10.1 Å². The fourth-order valence-corrected chi connectivity index (χ4v) is 6.49. The van der Waals surface area contributed by atoms with E-state index in [1.807, 2.05) is 75.4 Å². The van der Waals surface area contributed by atoms with Crippen molar-refractivity contribution in [2.75, 3.05) is 17.4 Å². The molecule has 236 valence electrons. The summed E-state index contributed by atoms with van der Waals surface area (Å²) in [7, 11) is -4.38. The van der Waals surface area contributed by atoms with Gasteiger partial charge in [-0.05, 0) is 55.7 Å². The van der Waals surface area contributed by atoms with E-state index in [1.165, 1.54) is 35.2 Å². The molecule has 1 atom stereocenters.